The molecule has 0 atom stereocenters. The molecule has 0 aromatic carbocycles. The summed E-state index contributed by atoms with van der Waals surface area (Å²) in [6.07, 6.45) is 2.03. The highest BCUT2D eigenvalue weighted by molar-refractivity contribution is 7.90. The summed E-state index contributed by atoms with van der Waals surface area (Å²) in [5.41, 5.74) is 0. The summed E-state index contributed by atoms with van der Waals surface area (Å²) in [4.78, 5) is 6.33. The fraction of sp³-hybridized carbons (Fsp3) is 0.167. The Bertz CT molecular complexity index is 488. The van der Waals surface area contributed by atoms with E-state index in [9.17, 15) is 0 Å². The van der Waals surface area contributed by atoms with Gasteiger partial charge in [0.1, 0.15) is 0 Å². The van der Waals surface area contributed by atoms with Crippen LogP contribution in [0.3, 0.4) is 0 Å². The molecular weight excluding hydrogens is 240 g/mol. The highest BCUT2D eigenvalue weighted by atomic mass is 32.1. The van der Waals surface area contributed by atoms with E-state index in [1.807, 2.05) is 24.3 Å². The summed E-state index contributed by atoms with van der Waals surface area (Å²) in [7, 11) is 0. The van der Waals surface area contributed by atoms with Crippen LogP contribution in [0.25, 0.3) is 14.7 Å². The average Bonchev–Trinajstić information content (AvgIpc) is 2.84. The minimum absolute atomic E-state index is 1.06. The fourth-order valence-corrected chi connectivity index (χ4v) is 3.47. The van der Waals surface area contributed by atoms with E-state index in [0.717, 1.165) is 4.91 Å². The molecule has 2 aromatic rings. The summed E-state index contributed by atoms with van der Waals surface area (Å²) in [5, 5.41) is 0. The fourth-order valence-electron chi connectivity index (χ4n) is 1.32. The Labute approximate surface area is 104 Å². The van der Waals surface area contributed by atoms with Gasteiger partial charge in [-0.3, -0.25) is 0 Å². The Morgan fingerprint density at radius 1 is 1.13 bits per heavy atom. The first kappa shape index (κ1) is 11.0. The van der Waals surface area contributed by atoms with E-state index in [1.165, 1.54) is 19.5 Å². The predicted octanol–water partition coefficient (Wildman–Crippen LogP) is 5.08. The van der Waals surface area contributed by atoms with Gasteiger partial charge in [-0.2, -0.15) is 0 Å². The van der Waals surface area contributed by atoms with Crippen LogP contribution in [0.1, 0.15) is 16.7 Å². The van der Waals surface area contributed by atoms with E-state index in [2.05, 4.69) is 43.8 Å². The van der Waals surface area contributed by atoms with Crippen LogP contribution in [0.2, 0.25) is 0 Å². The largest absolute Gasteiger partial charge is 0.142 e. The van der Waals surface area contributed by atoms with Gasteiger partial charge in [0.05, 0.1) is 0 Å². The third-order valence-electron chi connectivity index (χ3n) is 2.12. The number of thiophene rings is 2. The van der Waals surface area contributed by atoms with E-state index in [1.54, 1.807) is 11.3 Å². The molecule has 0 bridgehead atoms. The Morgan fingerprint density at radius 3 is 2.40 bits per heavy atom. The van der Waals surface area contributed by atoms with Crippen LogP contribution in [-0.2, 0) is 0 Å². The Hall–Kier alpha value is -0.510. The summed E-state index contributed by atoms with van der Waals surface area (Å²) < 4.78 is 0. The maximum absolute atomic E-state index is 4.43. The maximum atomic E-state index is 4.43. The quantitative estimate of drug-likeness (QED) is 0.708. The molecule has 2 rings (SSSR count). The van der Waals surface area contributed by atoms with Crippen LogP contribution in [0, 0.1) is 6.92 Å². The van der Waals surface area contributed by atoms with Crippen molar-refractivity contribution in [3.63, 3.8) is 0 Å². The Balaban J connectivity index is 2.35. The molecule has 0 aliphatic rings. The van der Waals surface area contributed by atoms with Gasteiger partial charge in [-0.05, 0) is 38.1 Å². The van der Waals surface area contributed by atoms with Crippen molar-refractivity contribution in [1.82, 2.24) is 0 Å². The molecular formula is C12H12S3. The zero-order valence-electron chi connectivity index (χ0n) is 8.65. The molecule has 0 nitrogen and oxygen atoms in total. The second-order valence-corrected chi connectivity index (χ2v) is 6.10. The van der Waals surface area contributed by atoms with E-state index in [0.29, 0.717) is 0 Å². The molecule has 2 heterocycles. The first-order valence-electron chi connectivity index (χ1n) is 4.73. The number of aryl methyl sites for hydroxylation is 1. The highest BCUT2D eigenvalue weighted by Gasteiger charge is 2.05. The van der Waals surface area contributed by atoms with Gasteiger partial charge in [-0.15, -0.1) is 35.3 Å². The molecule has 2 aromatic heterocycles. The van der Waals surface area contributed by atoms with Gasteiger partial charge in [0.25, 0.3) is 0 Å². The van der Waals surface area contributed by atoms with E-state index in [-0.39, 0.29) is 0 Å². The topological polar surface area (TPSA) is 0 Å². The molecule has 0 saturated carbocycles. The molecule has 0 spiro atoms. The molecule has 0 radical (unpaired) electrons. The SMILES string of the molecule is C/C=C(\S)c1ccc(-c2ccc(C)s2)s1. The molecule has 0 saturated heterocycles. The van der Waals surface area contributed by atoms with Crippen molar-refractivity contribution in [2.45, 2.75) is 13.8 Å². The van der Waals surface area contributed by atoms with Gasteiger partial charge < -0.3 is 0 Å². The Kier molecular flexibility index (Phi) is 3.34. The number of allylic oxidation sites excluding steroid dienone is 1. The van der Waals surface area contributed by atoms with Gasteiger partial charge in [0.2, 0.25) is 0 Å². The van der Waals surface area contributed by atoms with Crippen LogP contribution in [0.5, 0.6) is 0 Å². The highest BCUT2D eigenvalue weighted by Crippen LogP contribution is 2.36. The molecule has 0 aliphatic carbocycles. The lowest BCUT2D eigenvalue weighted by atomic mass is 10.3. The smallest absolute Gasteiger partial charge is 0.0449 e. The Morgan fingerprint density at radius 2 is 1.80 bits per heavy atom. The van der Waals surface area contributed by atoms with Crippen LogP contribution < -0.4 is 0 Å². The number of hydrogen-bond donors (Lipinski definition) is 1. The van der Waals surface area contributed by atoms with Crippen molar-refractivity contribution in [2.75, 3.05) is 0 Å². The lowest BCUT2D eigenvalue weighted by Crippen LogP contribution is -1.62. The van der Waals surface area contributed by atoms with Crippen LogP contribution >= 0.6 is 35.3 Å². The zero-order valence-corrected chi connectivity index (χ0v) is 11.2. The van der Waals surface area contributed by atoms with Crippen molar-refractivity contribution in [3.05, 3.63) is 40.1 Å². The first-order valence-corrected chi connectivity index (χ1v) is 6.81. The predicted molar refractivity (Wildman–Crippen MR) is 75.0 cm³/mol. The standard InChI is InChI=1S/C12H12S3/c1-3-9(13)10-6-7-12(15-10)11-5-4-8(2)14-11/h3-7,13H,1-2H3/b9-3-. The number of thiol groups is 1. The van der Waals surface area contributed by atoms with Gasteiger partial charge in [0.15, 0.2) is 0 Å². The van der Waals surface area contributed by atoms with Crippen molar-refractivity contribution in [2.24, 2.45) is 0 Å². The maximum Gasteiger partial charge on any atom is 0.0449 e. The zero-order chi connectivity index (χ0) is 10.8. The van der Waals surface area contributed by atoms with Gasteiger partial charge in [-0.1, -0.05) is 6.08 Å². The van der Waals surface area contributed by atoms with Crippen molar-refractivity contribution >= 4 is 40.2 Å². The second-order valence-electron chi connectivity index (χ2n) is 3.25. The molecule has 0 fully saturated rings. The third kappa shape index (κ3) is 2.36. The van der Waals surface area contributed by atoms with Crippen LogP contribution in [-0.4, -0.2) is 0 Å². The van der Waals surface area contributed by atoms with Gasteiger partial charge in [0, 0.05) is 24.4 Å². The molecule has 0 aliphatic heterocycles. The molecule has 15 heavy (non-hydrogen) atoms. The van der Waals surface area contributed by atoms with Gasteiger partial charge in [-0.25, -0.2) is 0 Å². The van der Waals surface area contributed by atoms with Crippen molar-refractivity contribution in [3.8, 4) is 9.75 Å². The molecule has 0 N–H and O–H groups in total. The first-order chi connectivity index (χ1) is 7.20. The minimum Gasteiger partial charge on any atom is -0.142 e. The summed E-state index contributed by atoms with van der Waals surface area (Å²) in [5.74, 6) is 0. The summed E-state index contributed by atoms with van der Waals surface area (Å²) in [6, 6.07) is 8.66. The number of hydrogen-bond acceptors (Lipinski definition) is 3. The molecule has 0 amide bonds. The third-order valence-corrected chi connectivity index (χ3v) is 5.08. The lowest BCUT2D eigenvalue weighted by Gasteiger charge is -1.92. The summed E-state index contributed by atoms with van der Waals surface area (Å²) >= 11 is 8.06. The molecule has 3 heteroatoms. The molecule has 0 unspecified atom stereocenters. The lowest BCUT2D eigenvalue weighted by molar-refractivity contribution is 1.64. The molecule has 78 valence electrons. The van der Waals surface area contributed by atoms with Crippen molar-refractivity contribution in [1.29, 1.82) is 0 Å². The van der Waals surface area contributed by atoms with Gasteiger partial charge >= 0.3 is 0 Å². The van der Waals surface area contributed by atoms with Crippen LogP contribution in [0.4, 0.5) is 0 Å². The van der Waals surface area contributed by atoms with E-state index in [4.69, 9.17) is 0 Å². The second kappa shape index (κ2) is 4.56. The minimum atomic E-state index is 1.06. The normalized spacial score (nSPS) is 12.1. The average molecular weight is 252 g/mol. The summed E-state index contributed by atoms with van der Waals surface area (Å²) in [6.45, 7) is 4.15. The monoisotopic (exact) mass is 252 g/mol. The van der Waals surface area contributed by atoms with Crippen molar-refractivity contribution < 1.29 is 0 Å². The van der Waals surface area contributed by atoms with E-state index >= 15 is 0 Å². The van der Waals surface area contributed by atoms with E-state index < -0.39 is 0 Å². The van der Waals surface area contributed by atoms with Crippen LogP contribution in [0.15, 0.2) is 30.3 Å². The number of rotatable bonds is 2.